The molecule has 1 aromatic carbocycles. The molecule has 0 saturated heterocycles. The van der Waals surface area contributed by atoms with Crippen LogP contribution in [0, 0.1) is 0 Å². The van der Waals surface area contributed by atoms with E-state index < -0.39 is 6.09 Å². The largest absolute Gasteiger partial charge is 0.444 e. The van der Waals surface area contributed by atoms with Crippen LogP contribution in [0.25, 0.3) is 0 Å². The second kappa shape index (κ2) is 5.12. The molecule has 4 heteroatoms. The third kappa shape index (κ3) is 3.04. The average Bonchev–Trinajstić information content (AvgIpc) is 2.38. The van der Waals surface area contributed by atoms with Crippen molar-refractivity contribution in [3.05, 3.63) is 70.6 Å². The van der Waals surface area contributed by atoms with Gasteiger partial charge in [0.2, 0.25) is 0 Å². The van der Waals surface area contributed by atoms with Crippen molar-refractivity contribution in [2.75, 3.05) is 0 Å². The molecule has 86 valence electrons. The van der Waals surface area contributed by atoms with Crippen LogP contribution in [0.5, 0.6) is 0 Å². The zero-order valence-electron chi connectivity index (χ0n) is 9.08. The van der Waals surface area contributed by atoms with Gasteiger partial charge in [0.25, 0.3) is 0 Å². The zero-order valence-corrected chi connectivity index (χ0v) is 9.08. The SMILES string of the molecule is O=C(OCc1ccccc1)n1ccc(=O)cc1. The lowest BCUT2D eigenvalue weighted by Crippen LogP contribution is -2.15. The minimum Gasteiger partial charge on any atom is -0.444 e. The van der Waals surface area contributed by atoms with Gasteiger partial charge < -0.3 is 4.74 Å². The molecule has 1 heterocycles. The summed E-state index contributed by atoms with van der Waals surface area (Å²) in [5.74, 6) is 0. The summed E-state index contributed by atoms with van der Waals surface area (Å²) in [4.78, 5) is 22.4. The molecule has 4 nitrogen and oxygen atoms in total. The minimum absolute atomic E-state index is 0.142. The lowest BCUT2D eigenvalue weighted by atomic mass is 10.2. The van der Waals surface area contributed by atoms with Gasteiger partial charge >= 0.3 is 6.09 Å². The Morgan fingerprint density at radius 2 is 1.71 bits per heavy atom. The Balaban J connectivity index is 1.98. The van der Waals surface area contributed by atoms with Crippen molar-refractivity contribution in [3.63, 3.8) is 0 Å². The Morgan fingerprint density at radius 3 is 2.35 bits per heavy atom. The molecule has 0 N–H and O–H groups in total. The highest BCUT2D eigenvalue weighted by molar-refractivity contribution is 5.70. The highest BCUT2D eigenvalue weighted by Gasteiger charge is 2.03. The van der Waals surface area contributed by atoms with E-state index in [-0.39, 0.29) is 12.0 Å². The quantitative estimate of drug-likeness (QED) is 0.791. The Labute approximate surface area is 98.1 Å². The Hall–Kier alpha value is -2.36. The molecule has 0 aliphatic carbocycles. The van der Waals surface area contributed by atoms with Crippen molar-refractivity contribution < 1.29 is 9.53 Å². The molecule has 0 radical (unpaired) electrons. The molecule has 0 saturated carbocycles. The smallest absolute Gasteiger partial charge is 0.418 e. The van der Waals surface area contributed by atoms with E-state index in [2.05, 4.69) is 0 Å². The van der Waals surface area contributed by atoms with E-state index in [1.54, 1.807) is 0 Å². The first-order valence-electron chi connectivity index (χ1n) is 5.15. The van der Waals surface area contributed by atoms with Gasteiger partial charge in [0.05, 0.1) is 0 Å². The van der Waals surface area contributed by atoms with E-state index >= 15 is 0 Å². The summed E-state index contributed by atoms with van der Waals surface area (Å²) in [5, 5.41) is 0. The average molecular weight is 229 g/mol. The number of nitrogens with zero attached hydrogens (tertiary/aromatic N) is 1. The molecule has 1 aromatic heterocycles. The first-order chi connectivity index (χ1) is 8.25. The van der Waals surface area contributed by atoms with Crippen molar-refractivity contribution in [1.29, 1.82) is 0 Å². The molecular weight excluding hydrogens is 218 g/mol. The van der Waals surface area contributed by atoms with E-state index in [1.165, 1.54) is 29.1 Å². The fourth-order valence-corrected chi connectivity index (χ4v) is 1.33. The second-order valence-corrected chi connectivity index (χ2v) is 3.48. The van der Waals surface area contributed by atoms with Crippen LogP contribution >= 0.6 is 0 Å². The van der Waals surface area contributed by atoms with Crippen LogP contribution in [0.1, 0.15) is 5.56 Å². The molecule has 0 amide bonds. The van der Waals surface area contributed by atoms with Crippen molar-refractivity contribution in [2.45, 2.75) is 6.61 Å². The van der Waals surface area contributed by atoms with Gasteiger partial charge in [0.1, 0.15) is 6.61 Å². The molecule has 0 fully saturated rings. The summed E-state index contributed by atoms with van der Waals surface area (Å²) >= 11 is 0. The number of ether oxygens (including phenoxy) is 1. The van der Waals surface area contributed by atoms with Gasteiger partial charge in [0.15, 0.2) is 5.43 Å². The normalized spacial score (nSPS) is 9.88. The third-order valence-electron chi connectivity index (χ3n) is 2.21. The molecule has 0 aliphatic heterocycles. The van der Waals surface area contributed by atoms with Crippen LogP contribution in [0.15, 0.2) is 59.7 Å². The molecule has 0 aliphatic rings. The lowest BCUT2D eigenvalue weighted by molar-refractivity contribution is 0.141. The third-order valence-corrected chi connectivity index (χ3v) is 2.21. The highest BCUT2D eigenvalue weighted by atomic mass is 16.5. The van der Waals surface area contributed by atoms with Crippen LogP contribution < -0.4 is 5.43 Å². The van der Waals surface area contributed by atoms with Crippen LogP contribution in [-0.4, -0.2) is 10.7 Å². The predicted octanol–water partition coefficient (Wildman–Crippen LogP) is 2.03. The Bertz CT molecular complexity index is 540. The highest BCUT2D eigenvalue weighted by Crippen LogP contribution is 2.01. The monoisotopic (exact) mass is 229 g/mol. The minimum atomic E-state index is -0.506. The maximum Gasteiger partial charge on any atom is 0.418 e. The Morgan fingerprint density at radius 1 is 1.06 bits per heavy atom. The molecular formula is C13H11NO3. The van der Waals surface area contributed by atoms with Gasteiger partial charge in [-0.15, -0.1) is 0 Å². The number of benzene rings is 1. The predicted molar refractivity (Wildman–Crippen MR) is 62.7 cm³/mol. The van der Waals surface area contributed by atoms with Gasteiger partial charge in [-0.2, -0.15) is 0 Å². The molecule has 2 aromatic rings. The number of hydrogen-bond acceptors (Lipinski definition) is 3. The maximum atomic E-state index is 11.6. The van der Waals surface area contributed by atoms with Gasteiger partial charge in [-0.25, -0.2) is 4.79 Å². The number of pyridine rings is 1. The van der Waals surface area contributed by atoms with Gasteiger partial charge in [0, 0.05) is 24.5 Å². The molecule has 0 unspecified atom stereocenters. The molecule has 0 bridgehead atoms. The fraction of sp³-hybridized carbons (Fsp3) is 0.0769. The fourth-order valence-electron chi connectivity index (χ4n) is 1.33. The van der Waals surface area contributed by atoms with E-state index in [0.29, 0.717) is 0 Å². The van der Waals surface area contributed by atoms with Crippen molar-refractivity contribution >= 4 is 6.09 Å². The maximum absolute atomic E-state index is 11.6. The van der Waals surface area contributed by atoms with E-state index in [9.17, 15) is 9.59 Å². The lowest BCUT2D eigenvalue weighted by Gasteiger charge is -2.06. The first kappa shape index (κ1) is 11.1. The summed E-state index contributed by atoms with van der Waals surface area (Å²) in [6.07, 6.45) is 2.26. The van der Waals surface area contributed by atoms with Crippen LogP contribution in [0.4, 0.5) is 4.79 Å². The van der Waals surface area contributed by atoms with Gasteiger partial charge in [-0.05, 0) is 5.56 Å². The number of carbonyl (C=O) groups excluding carboxylic acids is 1. The van der Waals surface area contributed by atoms with E-state index in [0.717, 1.165) is 5.56 Å². The summed E-state index contributed by atoms with van der Waals surface area (Å²) in [6.45, 7) is 0.214. The number of rotatable bonds is 2. The topological polar surface area (TPSA) is 48.3 Å². The van der Waals surface area contributed by atoms with Crippen molar-refractivity contribution in [1.82, 2.24) is 4.57 Å². The number of aromatic nitrogens is 1. The molecule has 0 atom stereocenters. The van der Waals surface area contributed by atoms with Gasteiger partial charge in [-0.3, -0.25) is 9.36 Å². The van der Waals surface area contributed by atoms with Crippen molar-refractivity contribution in [2.24, 2.45) is 0 Å². The van der Waals surface area contributed by atoms with Crippen molar-refractivity contribution in [3.8, 4) is 0 Å². The molecule has 17 heavy (non-hydrogen) atoms. The second-order valence-electron chi connectivity index (χ2n) is 3.48. The zero-order chi connectivity index (χ0) is 12.1. The van der Waals surface area contributed by atoms with Gasteiger partial charge in [-0.1, -0.05) is 30.3 Å². The number of carbonyl (C=O) groups is 1. The molecule has 0 spiro atoms. The van der Waals surface area contributed by atoms with Crippen LogP contribution in [-0.2, 0) is 11.3 Å². The number of hydrogen-bond donors (Lipinski definition) is 0. The summed E-state index contributed by atoms with van der Waals surface area (Å²) < 4.78 is 6.30. The molecule has 2 rings (SSSR count). The van der Waals surface area contributed by atoms with E-state index in [4.69, 9.17) is 4.74 Å². The van der Waals surface area contributed by atoms with Crippen LogP contribution in [0.3, 0.4) is 0 Å². The standard InChI is InChI=1S/C13H11NO3/c15-12-6-8-14(9-7-12)13(16)17-10-11-4-2-1-3-5-11/h1-9H,10H2. The summed E-state index contributed by atoms with van der Waals surface area (Å²) in [6, 6.07) is 12.0. The first-order valence-corrected chi connectivity index (χ1v) is 5.15. The summed E-state index contributed by atoms with van der Waals surface area (Å²) in [7, 11) is 0. The van der Waals surface area contributed by atoms with Crippen LogP contribution in [0.2, 0.25) is 0 Å². The summed E-state index contributed by atoms with van der Waals surface area (Å²) in [5.41, 5.74) is 0.777. The van der Waals surface area contributed by atoms with E-state index in [1.807, 2.05) is 30.3 Å². The Kier molecular flexibility index (Phi) is 3.35.